The van der Waals surface area contributed by atoms with Gasteiger partial charge in [-0.25, -0.2) is 4.79 Å². The summed E-state index contributed by atoms with van der Waals surface area (Å²) in [6.07, 6.45) is 0.0502. The van der Waals surface area contributed by atoms with Crippen molar-refractivity contribution in [2.75, 3.05) is 17.7 Å². The number of rotatable bonds is 10. The minimum absolute atomic E-state index is 0.142. The van der Waals surface area contributed by atoms with E-state index in [1.165, 1.54) is 0 Å². The molecule has 1 amide bonds. The Morgan fingerprint density at radius 2 is 1.94 bits per heavy atom. The van der Waals surface area contributed by atoms with E-state index in [4.69, 9.17) is 26.0 Å². The van der Waals surface area contributed by atoms with Gasteiger partial charge in [-0.2, -0.15) is 11.8 Å². The SMILES string of the molecule is Cc1ccc(CCOC(=O)Nc2c(C)noc2-c2ccc(CSCCC(=O)O)cc2)c(Cl)c1. The van der Waals surface area contributed by atoms with Crippen molar-refractivity contribution in [3.63, 3.8) is 0 Å². The average Bonchev–Trinajstić information content (AvgIpc) is 3.13. The molecule has 1 heterocycles. The summed E-state index contributed by atoms with van der Waals surface area (Å²) in [6.45, 7) is 3.89. The van der Waals surface area contributed by atoms with E-state index in [9.17, 15) is 9.59 Å². The lowest BCUT2D eigenvalue weighted by atomic mass is 10.1. The third kappa shape index (κ3) is 7.27. The summed E-state index contributed by atoms with van der Waals surface area (Å²) in [5.41, 5.74) is 4.81. The molecule has 33 heavy (non-hydrogen) atoms. The second-order valence-electron chi connectivity index (χ2n) is 7.47. The number of ether oxygens (including phenoxy) is 1. The molecule has 0 aliphatic carbocycles. The lowest BCUT2D eigenvalue weighted by molar-refractivity contribution is -0.136. The molecule has 3 aromatic rings. The van der Waals surface area contributed by atoms with Crippen LogP contribution in [0, 0.1) is 13.8 Å². The number of hydrogen-bond donors (Lipinski definition) is 2. The Balaban J connectivity index is 1.56. The highest BCUT2D eigenvalue weighted by atomic mass is 35.5. The largest absolute Gasteiger partial charge is 0.481 e. The third-order valence-electron chi connectivity index (χ3n) is 4.85. The predicted molar refractivity (Wildman–Crippen MR) is 130 cm³/mol. The number of anilines is 1. The van der Waals surface area contributed by atoms with Crippen LogP contribution < -0.4 is 5.32 Å². The average molecular weight is 489 g/mol. The number of thioether (sulfide) groups is 1. The van der Waals surface area contributed by atoms with Crippen LogP contribution in [0.4, 0.5) is 10.5 Å². The second-order valence-corrected chi connectivity index (χ2v) is 8.98. The first-order chi connectivity index (χ1) is 15.8. The van der Waals surface area contributed by atoms with E-state index in [1.807, 2.05) is 49.4 Å². The summed E-state index contributed by atoms with van der Waals surface area (Å²) < 4.78 is 10.8. The zero-order valence-corrected chi connectivity index (χ0v) is 20.0. The molecule has 3 rings (SSSR count). The number of aromatic nitrogens is 1. The van der Waals surface area contributed by atoms with Crippen molar-refractivity contribution >= 4 is 41.1 Å². The Labute approximate surface area is 201 Å². The van der Waals surface area contributed by atoms with Crippen LogP contribution >= 0.6 is 23.4 Å². The fraction of sp³-hybridized carbons (Fsp3) is 0.292. The fourth-order valence-corrected chi connectivity index (χ4v) is 4.28. The van der Waals surface area contributed by atoms with Gasteiger partial charge in [0.15, 0.2) is 5.76 Å². The fourth-order valence-electron chi connectivity index (χ4n) is 3.06. The molecular weight excluding hydrogens is 464 g/mol. The Morgan fingerprint density at radius 1 is 1.18 bits per heavy atom. The van der Waals surface area contributed by atoms with Crippen molar-refractivity contribution in [3.8, 4) is 11.3 Å². The Kier molecular flexibility index (Phi) is 8.79. The Morgan fingerprint density at radius 3 is 2.64 bits per heavy atom. The molecule has 9 heteroatoms. The number of carboxylic acid groups (broad SMARTS) is 1. The molecule has 0 atom stereocenters. The quantitative estimate of drug-likeness (QED) is 0.332. The number of nitrogens with zero attached hydrogens (tertiary/aromatic N) is 1. The standard InChI is InChI=1S/C24H25ClN2O5S/c1-15-3-6-18(20(25)13-15)9-11-31-24(30)26-22-16(2)27-32-23(22)19-7-4-17(5-8-19)14-33-12-10-21(28)29/h3-8,13H,9-12,14H2,1-2H3,(H,26,30)(H,28,29). The highest BCUT2D eigenvalue weighted by Gasteiger charge is 2.18. The summed E-state index contributed by atoms with van der Waals surface area (Å²) in [6, 6.07) is 13.4. The Bertz CT molecular complexity index is 1110. The van der Waals surface area contributed by atoms with E-state index in [2.05, 4.69) is 10.5 Å². The minimum atomic E-state index is -0.795. The second kappa shape index (κ2) is 11.8. The van der Waals surface area contributed by atoms with Gasteiger partial charge in [-0.3, -0.25) is 10.1 Å². The van der Waals surface area contributed by atoms with E-state index in [-0.39, 0.29) is 13.0 Å². The maximum atomic E-state index is 12.3. The number of aliphatic carboxylic acids is 1. The van der Waals surface area contributed by atoms with E-state index in [1.54, 1.807) is 18.7 Å². The van der Waals surface area contributed by atoms with Crippen LogP contribution in [0.3, 0.4) is 0 Å². The van der Waals surface area contributed by atoms with E-state index >= 15 is 0 Å². The van der Waals surface area contributed by atoms with Crippen LogP contribution in [0.5, 0.6) is 0 Å². The van der Waals surface area contributed by atoms with Crippen LogP contribution in [0.2, 0.25) is 5.02 Å². The summed E-state index contributed by atoms with van der Waals surface area (Å²) in [5, 5.41) is 16.1. The summed E-state index contributed by atoms with van der Waals surface area (Å²) in [7, 11) is 0. The molecule has 7 nitrogen and oxygen atoms in total. The van der Waals surface area contributed by atoms with E-state index < -0.39 is 12.1 Å². The van der Waals surface area contributed by atoms with Crippen LogP contribution in [0.1, 0.15) is 28.8 Å². The molecular formula is C24H25ClN2O5S. The van der Waals surface area contributed by atoms with Crippen LogP contribution in [0.25, 0.3) is 11.3 Å². The van der Waals surface area contributed by atoms with Gasteiger partial charge >= 0.3 is 12.1 Å². The van der Waals surface area contributed by atoms with Crippen molar-refractivity contribution in [2.24, 2.45) is 0 Å². The molecule has 174 valence electrons. The van der Waals surface area contributed by atoms with Crippen molar-refractivity contribution in [1.82, 2.24) is 5.16 Å². The zero-order chi connectivity index (χ0) is 23.8. The minimum Gasteiger partial charge on any atom is -0.481 e. The highest BCUT2D eigenvalue weighted by molar-refractivity contribution is 7.98. The third-order valence-corrected chi connectivity index (χ3v) is 6.23. The normalized spacial score (nSPS) is 10.8. The first-order valence-electron chi connectivity index (χ1n) is 10.4. The number of aryl methyl sites for hydroxylation is 2. The molecule has 1 aromatic heterocycles. The maximum Gasteiger partial charge on any atom is 0.411 e. The van der Waals surface area contributed by atoms with Crippen molar-refractivity contribution in [2.45, 2.75) is 32.4 Å². The Hall–Kier alpha value is -2.97. The molecule has 0 unspecified atom stereocenters. The monoisotopic (exact) mass is 488 g/mol. The van der Waals surface area contributed by atoms with E-state index in [0.717, 1.165) is 22.3 Å². The van der Waals surface area contributed by atoms with Crippen LogP contribution in [-0.4, -0.2) is 34.7 Å². The first-order valence-corrected chi connectivity index (χ1v) is 11.9. The van der Waals surface area contributed by atoms with E-state index in [0.29, 0.717) is 40.1 Å². The molecule has 0 spiro atoms. The van der Waals surface area contributed by atoms with Gasteiger partial charge in [-0.15, -0.1) is 0 Å². The van der Waals surface area contributed by atoms with Gasteiger partial charge in [0, 0.05) is 28.5 Å². The lowest BCUT2D eigenvalue weighted by Crippen LogP contribution is -2.16. The first kappa shape index (κ1) is 24.7. The molecule has 0 aliphatic rings. The van der Waals surface area contributed by atoms with Gasteiger partial charge in [0.2, 0.25) is 0 Å². The summed E-state index contributed by atoms with van der Waals surface area (Å²) in [4.78, 5) is 22.9. The number of benzene rings is 2. The number of halogens is 1. The zero-order valence-electron chi connectivity index (χ0n) is 18.4. The molecule has 0 saturated heterocycles. The number of carbonyl (C=O) groups excluding carboxylic acids is 1. The molecule has 0 fully saturated rings. The number of hydrogen-bond acceptors (Lipinski definition) is 6. The number of carboxylic acids is 1. The van der Waals surface area contributed by atoms with Crippen LogP contribution in [0.15, 0.2) is 47.0 Å². The van der Waals surface area contributed by atoms with Gasteiger partial charge < -0.3 is 14.4 Å². The summed E-state index contributed by atoms with van der Waals surface area (Å²) >= 11 is 7.79. The van der Waals surface area contributed by atoms with Gasteiger partial charge in [-0.1, -0.05) is 53.2 Å². The van der Waals surface area contributed by atoms with Gasteiger partial charge in [0.25, 0.3) is 0 Å². The van der Waals surface area contributed by atoms with Gasteiger partial charge in [-0.05, 0) is 36.6 Å². The number of amides is 1. The predicted octanol–water partition coefficient (Wildman–Crippen LogP) is 6.11. The molecule has 2 N–H and O–H groups in total. The molecule has 0 radical (unpaired) electrons. The topological polar surface area (TPSA) is 102 Å². The molecule has 2 aromatic carbocycles. The summed E-state index contributed by atoms with van der Waals surface area (Å²) in [5.74, 6) is 0.919. The van der Waals surface area contributed by atoms with Crippen molar-refractivity contribution in [3.05, 3.63) is 69.9 Å². The molecule has 0 aliphatic heterocycles. The highest BCUT2D eigenvalue weighted by Crippen LogP contribution is 2.31. The van der Waals surface area contributed by atoms with Gasteiger partial charge in [0.1, 0.15) is 11.4 Å². The number of carbonyl (C=O) groups is 2. The lowest BCUT2D eigenvalue weighted by Gasteiger charge is -2.09. The maximum absolute atomic E-state index is 12.3. The molecule has 0 bridgehead atoms. The van der Waals surface area contributed by atoms with Gasteiger partial charge in [0.05, 0.1) is 13.0 Å². The molecule has 0 saturated carbocycles. The number of nitrogens with one attached hydrogen (secondary N) is 1. The smallest absolute Gasteiger partial charge is 0.411 e. The van der Waals surface area contributed by atoms with Crippen LogP contribution in [-0.2, 0) is 21.7 Å². The van der Waals surface area contributed by atoms with Crippen molar-refractivity contribution in [1.29, 1.82) is 0 Å². The van der Waals surface area contributed by atoms with Crippen molar-refractivity contribution < 1.29 is 24.0 Å².